The Morgan fingerprint density at radius 2 is 2.08 bits per heavy atom. The number of hydrogen-bond donors (Lipinski definition) is 0. The van der Waals surface area contributed by atoms with E-state index in [4.69, 9.17) is 11.6 Å². The van der Waals surface area contributed by atoms with Crippen molar-refractivity contribution in [2.75, 3.05) is 0 Å². The molecule has 0 aliphatic rings. The molecular formula is C10H9ClFN. The third-order valence-corrected chi connectivity index (χ3v) is 2.64. The fourth-order valence-electron chi connectivity index (χ4n) is 1.52. The van der Waals surface area contributed by atoms with Crippen LogP contribution in [0.2, 0.25) is 5.02 Å². The Kier molecular flexibility index (Phi) is 1.81. The average molecular weight is 198 g/mol. The lowest BCUT2D eigenvalue weighted by molar-refractivity contribution is 0.640. The summed E-state index contributed by atoms with van der Waals surface area (Å²) in [5.41, 5.74) is 1.76. The van der Waals surface area contributed by atoms with E-state index in [9.17, 15) is 4.39 Å². The van der Waals surface area contributed by atoms with Gasteiger partial charge in [0.05, 0.1) is 10.5 Å². The van der Waals surface area contributed by atoms with E-state index in [-0.39, 0.29) is 5.82 Å². The van der Waals surface area contributed by atoms with Crippen LogP contribution in [0.3, 0.4) is 0 Å². The van der Waals surface area contributed by atoms with Crippen molar-refractivity contribution in [2.24, 2.45) is 7.05 Å². The maximum absolute atomic E-state index is 13.3. The van der Waals surface area contributed by atoms with Crippen molar-refractivity contribution in [2.45, 2.75) is 6.92 Å². The van der Waals surface area contributed by atoms with E-state index < -0.39 is 0 Å². The molecule has 0 amide bonds. The molecule has 1 aromatic heterocycles. The van der Waals surface area contributed by atoms with Gasteiger partial charge >= 0.3 is 0 Å². The Hall–Kier alpha value is -1.02. The summed E-state index contributed by atoms with van der Waals surface area (Å²) in [6.07, 6.45) is 0. The fraction of sp³-hybridized carbons (Fsp3) is 0.200. The summed E-state index contributed by atoms with van der Waals surface area (Å²) in [6.45, 7) is 1.93. The van der Waals surface area contributed by atoms with E-state index in [1.54, 1.807) is 12.1 Å². The second kappa shape index (κ2) is 2.74. The highest BCUT2D eigenvalue weighted by Gasteiger charge is 2.09. The highest BCUT2D eigenvalue weighted by molar-refractivity contribution is 6.35. The molecule has 2 rings (SSSR count). The van der Waals surface area contributed by atoms with Crippen molar-refractivity contribution >= 4 is 22.5 Å². The third-order valence-electron chi connectivity index (χ3n) is 2.33. The van der Waals surface area contributed by atoms with Crippen LogP contribution in [0.4, 0.5) is 4.39 Å². The van der Waals surface area contributed by atoms with Gasteiger partial charge in [-0.05, 0) is 25.1 Å². The summed E-state index contributed by atoms with van der Waals surface area (Å²) < 4.78 is 15.2. The molecule has 1 heterocycles. The van der Waals surface area contributed by atoms with Crippen LogP contribution in [0, 0.1) is 12.7 Å². The first-order valence-corrected chi connectivity index (χ1v) is 4.39. The van der Waals surface area contributed by atoms with Crippen LogP contribution in [-0.4, -0.2) is 4.57 Å². The lowest BCUT2D eigenvalue weighted by Crippen LogP contribution is -1.90. The van der Waals surface area contributed by atoms with E-state index in [2.05, 4.69) is 0 Å². The van der Waals surface area contributed by atoms with Gasteiger partial charge in [-0.2, -0.15) is 0 Å². The Morgan fingerprint density at radius 3 is 2.69 bits per heavy atom. The zero-order valence-corrected chi connectivity index (χ0v) is 8.19. The van der Waals surface area contributed by atoms with Crippen molar-refractivity contribution in [3.8, 4) is 0 Å². The normalized spacial score (nSPS) is 11.1. The third kappa shape index (κ3) is 1.13. The number of hydrogen-bond acceptors (Lipinski definition) is 0. The minimum absolute atomic E-state index is 0.219. The molecule has 0 aliphatic heterocycles. The van der Waals surface area contributed by atoms with Crippen LogP contribution in [0.1, 0.15) is 5.69 Å². The lowest BCUT2D eigenvalue weighted by atomic mass is 10.2. The van der Waals surface area contributed by atoms with Gasteiger partial charge < -0.3 is 4.57 Å². The lowest BCUT2D eigenvalue weighted by Gasteiger charge is -2.00. The monoisotopic (exact) mass is 197 g/mol. The van der Waals surface area contributed by atoms with Gasteiger partial charge in [0.25, 0.3) is 0 Å². The fourth-order valence-corrected chi connectivity index (χ4v) is 1.81. The summed E-state index contributed by atoms with van der Waals surface area (Å²) in [7, 11) is 1.88. The van der Waals surface area contributed by atoms with Crippen LogP contribution in [0.25, 0.3) is 10.9 Å². The summed E-state index contributed by atoms with van der Waals surface area (Å²) in [5, 5.41) is 1.18. The molecule has 0 N–H and O–H groups in total. The Morgan fingerprint density at radius 1 is 1.38 bits per heavy atom. The molecule has 0 unspecified atom stereocenters. The molecule has 13 heavy (non-hydrogen) atoms. The molecule has 68 valence electrons. The first-order valence-electron chi connectivity index (χ1n) is 4.01. The second-order valence-electron chi connectivity index (χ2n) is 3.14. The standard InChI is InChI=1S/C10H9ClFN/c1-6-5-7-9(12)4-3-8(11)10(7)13(6)2/h3-5H,1-2H3. The predicted molar refractivity (Wildman–Crippen MR) is 52.6 cm³/mol. The van der Waals surface area contributed by atoms with Gasteiger partial charge in [-0.1, -0.05) is 11.6 Å². The van der Waals surface area contributed by atoms with Crippen LogP contribution in [0.5, 0.6) is 0 Å². The number of benzene rings is 1. The van der Waals surface area contributed by atoms with E-state index >= 15 is 0 Å². The van der Waals surface area contributed by atoms with Crippen molar-refractivity contribution in [1.29, 1.82) is 0 Å². The minimum atomic E-state index is -0.219. The van der Waals surface area contributed by atoms with Crippen LogP contribution < -0.4 is 0 Å². The van der Waals surface area contributed by atoms with Crippen molar-refractivity contribution < 1.29 is 4.39 Å². The Balaban J connectivity index is 3.00. The van der Waals surface area contributed by atoms with E-state index in [0.717, 1.165) is 11.2 Å². The van der Waals surface area contributed by atoms with Gasteiger partial charge in [0.1, 0.15) is 5.82 Å². The smallest absolute Gasteiger partial charge is 0.132 e. The second-order valence-corrected chi connectivity index (χ2v) is 3.54. The predicted octanol–water partition coefficient (Wildman–Crippen LogP) is 3.28. The quantitative estimate of drug-likeness (QED) is 0.611. The van der Waals surface area contributed by atoms with Gasteiger partial charge in [-0.25, -0.2) is 4.39 Å². The molecular weight excluding hydrogens is 189 g/mol. The van der Waals surface area contributed by atoms with Gasteiger partial charge in [-0.3, -0.25) is 0 Å². The SMILES string of the molecule is Cc1cc2c(F)ccc(Cl)c2n1C. The van der Waals surface area contributed by atoms with Crippen LogP contribution >= 0.6 is 11.6 Å². The molecule has 1 nitrogen and oxygen atoms in total. The highest BCUT2D eigenvalue weighted by Crippen LogP contribution is 2.27. The highest BCUT2D eigenvalue weighted by atomic mass is 35.5. The summed E-state index contributed by atoms with van der Waals surface area (Å²) in [6, 6.07) is 4.78. The van der Waals surface area contributed by atoms with E-state index in [1.165, 1.54) is 6.07 Å². The molecule has 0 radical (unpaired) electrons. The Labute approximate surface area is 80.7 Å². The summed E-state index contributed by atoms with van der Waals surface area (Å²) >= 11 is 5.96. The van der Waals surface area contributed by atoms with E-state index in [0.29, 0.717) is 10.4 Å². The van der Waals surface area contributed by atoms with Crippen molar-refractivity contribution in [3.05, 3.63) is 34.7 Å². The zero-order valence-electron chi connectivity index (χ0n) is 7.44. The summed E-state index contributed by atoms with van der Waals surface area (Å²) in [4.78, 5) is 0. The molecule has 2 aromatic rings. The molecule has 0 saturated heterocycles. The molecule has 0 aliphatic carbocycles. The average Bonchev–Trinajstić information content (AvgIpc) is 2.38. The molecule has 0 atom stereocenters. The molecule has 0 saturated carbocycles. The largest absolute Gasteiger partial charge is 0.347 e. The first-order chi connectivity index (χ1) is 6.11. The van der Waals surface area contributed by atoms with Gasteiger partial charge in [0.15, 0.2) is 0 Å². The number of aromatic nitrogens is 1. The number of nitrogens with zero attached hydrogens (tertiary/aromatic N) is 1. The van der Waals surface area contributed by atoms with Gasteiger partial charge in [0.2, 0.25) is 0 Å². The number of halogens is 2. The van der Waals surface area contributed by atoms with Crippen LogP contribution in [-0.2, 0) is 7.05 Å². The van der Waals surface area contributed by atoms with E-state index in [1.807, 2.05) is 18.5 Å². The topological polar surface area (TPSA) is 4.93 Å². The number of rotatable bonds is 0. The first kappa shape index (κ1) is 8.57. The van der Waals surface area contributed by atoms with Gasteiger partial charge in [0, 0.05) is 18.1 Å². The van der Waals surface area contributed by atoms with Crippen molar-refractivity contribution in [1.82, 2.24) is 4.57 Å². The number of aryl methyl sites for hydroxylation is 2. The maximum Gasteiger partial charge on any atom is 0.132 e. The van der Waals surface area contributed by atoms with Gasteiger partial charge in [-0.15, -0.1) is 0 Å². The molecule has 1 aromatic carbocycles. The molecule has 0 fully saturated rings. The summed E-state index contributed by atoms with van der Waals surface area (Å²) in [5.74, 6) is -0.219. The minimum Gasteiger partial charge on any atom is -0.347 e. The Bertz CT molecular complexity index is 473. The molecule has 3 heteroatoms. The molecule has 0 spiro atoms. The van der Waals surface area contributed by atoms with Crippen LogP contribution in [0.15, 0.2) is 18.2 Å². The van der Waals surface area contributed by atoms with Crippen molar-refractivity contribution in [3.63, 3.8) is 0 Å². The zero-order chi connectivity index (χ0) is 9.59. The number of fused-ring (bicyclic) bond motifs is 1. The molecule has 0 bridgehead atoms. The maximum atomic E-state index is 13.3.